The summed E-state index contributed by atoms with van der Waals surface area (Å²) in [4.78, 5) is 23.2. The highest BCUT2D eigenvalue weighted by atomic mass is 16.2. The van der Waals surface area contributed by atoms with Crippen LogP contribution in [0.15, 0.2) is 24.3 Å². The van der Waals surface area contributed by atoms with E-state index in [2.05, 4.69) is 16.0 Å². The molecule has 0 fully saturated rings. The maximum atomic E-state index is 11.7. The number of benzene rings is 1. The van der Waals surface area contributed by atoms with Crippen LogP contribution in [0.3, 0.4) is 0 Å². The third-order valence-corrected chi connectivity index (χ3v) is 2.88. The molecule has 116 valence electrons. The number of nitrogens with one attached hydrogen (secondary N) is 3. The van der Waals surface area contributed by atoms with Gasteiger partial charge in [-0.15, -0.1) is 0 Å². The predicted molar refractivity (Wildman–Crippen MR) is 85.2 cm³/mol. The van der Waals surface area contributed by atoms with Gasteiger partial charge >= 0.3 is 0 Å². The Hall–Kier alpha value is -1.88. The second-order valence-electron chi connectivity index (χ2n) is 5.23. The first-order chi connectivity index (χ1) is 10.0. The molecule has 0 aliphatic rings. The summed E-state index contributed by atoms with van der Waals surface area (Å²) in [5.74, 6) is -0.00586. The zero-order valence-corrected chi connectivity index (χ0v) is 13.0. The van der Waals surface area contributed by atoms with Crippen molar-refractivity contribution < 1.29 is 9.59 Å². The topological polar surface area (TPSA) is 70.2 Å². The first-order valence-electron chi connectivity index (χ1n) is 7.40. The lowest BCUT2D eigenvalue weighted by molar-refractivity contribution is -0.120. The first kappa shape index (κ1) is 17.2. The maximum absolute atomic E-state index is 11.7. The van der Waals surface area contributed by atoms with Gasteiger partial charge in [0.15, 0.2) is 0 Å². The number of rotatable bonds is 8. The van der Waals surface area contributed by atoms with Crippen LogP contribution in [0.25, 0.3) is 0 Å². The van der Waals surface area contributed by atoms with Crippen LogP contribution in [-0.4, -0.2) is 30.9 Å². The molecule has 1 rings (SSSR count). The standard InChI is InChI=1S/C16H25N3O2/c1-4-17-16(21)11-13-5-7-14(8-6-13)19-15(20)9-10-18-12(2)3/h5-8,12,18H,4,9-11H2,1-3H3,(H,17,21)(H,19,20). The molecule has 1 aromatic rings. The van der Waals surface area contributed by atoms with Crippen LogP contribution >= 0.6 is 0 Å². The van der Waals surface area contributed by atoms with E-state index in [-0.39, 0.29) is 11.8 Å². The van der Waals surface area contributed by atoms with Crippen molar-refractivity contribution in [3.8, 4) is 0 Å². The van der Waals surface area contributed by atoms with Gasteiger partial charge < -0.3 is 16.0 Å². The molecule has 0 aliphatic carbocycles. The Morgan fingerprint density at radius 2 is 1.76 bits per heavy atom. The molecule has 5 heteroatoms. The van der Waals surface area contributed by atoms with E-state index < -0.39 is 0 Å². The zero-order valence-electron chi connectivity index (χ0n) is 13.0. The molecule has 0 aliphatic heterocycles. The molecule has 2 amide bonds. The Kier molecular flexibility index (Phi) is 7.46. The van der Waals surface area contributed by atoms with Crippen molar-refractivity contribution in [3.63, 3.8) is 0 Å². The molecule has 0 radical (unpaired) electrons. The number of hydrogen-bond donors (Lipinski definition) is 3. The minimum Gasteiger partial charge on any atom is -0.356 e. The summed E-state index contributed by atoms with van der Waals surface area (Å²) in [5.41, 5.74) is 1.68. The minimum absolute atomic E-state index is 0.00838. The Balaban J connectivity index is 2.40. The maximum Gasteiger partial charge on any atom is 0.225 e. The third-order valence-electron chi connectivity index (χ3n) is 2.88. The Morgan fingerprint density at radius 1 is 1.10 bits per heavy atom. The molecule has 0 heterocycles. The van der Waals surface area contributed by atoms with Gasteiger partial charge in [-0.2, -0.15) is 0 Å². The van der Waals surface area contributed by atoms with Crippen molar-refractivity contribution in [1.29, 1.82) is 0 Å². The van der Waals surface area contributed by atoms with Gasteiger partial charge in [0.1, 0.15) is 0 Å². The molecule has 0 aromatic heterocycles. The number of carbonyl (C=O) groups is 2. The van der Waals surface area contributed by atoms with Crippen LogP contribution in [0, 0.1) is 0 Å². The summed E-state index contributed by atoms with van der Waals surface area (Å²) in [6.45, 7) is 7.29. The lowest BCUT2D eigenvalue weighted by Crippen LogP contribution is -2.27. The van der Waals surface area contributed by atoms with E-state index in [9.17, 15) is 9.59 Å². The van der Waals surface area contributed by atoms with Gasteiger partial charge in [0, 0.05) is 31.2 Å². The van der Waals surface area contributed by atoms with E-state index in [1.54, 1.807) is 0 Å². The summed E-state index contributed by atoms with van der Waals surface area (Å²) < 4.78 is 0. The fourth-order valence-electron chi connectivity index (χ4n) is 1.85. The summed E-state index contributed by atoms with van der Waals surface area (Å²) >= 11 is 0. The van der Waals surface area contributed by atoms with Crippen molar-refractivity contribution in [3.05, 3.63) is 29.8 Å². The normalized spacial score (nSPS) is 10.5. The van der Waals surface area contributed by atoms with E-state index in [4.69, 9.17) is 0 Å². The number of hydrogen-bond acceptors (Lipinski definition) is 3. The Labute approximate surface area is 126 Å². The number of amides is 2. The Morgan fingerprint density at radius 3 is 2.33 bits per heavy atom. The second kappa shape index (κ2) is 9.13. The number of likely N-dealkylation sites (N-methyl/N-ethyl adjacent to an activating group) is 1. The van der Waals surface area contributed by atoms with Crippen LogP contribution in [0.1, 0.15) is 32.8 Å². The zero-order chi connectivity index (χ0) is 15.7. The third kappa shape index (κ3) is 7.46. The molecule has 3 N–H and O–H groups in total. The highest BCUT2D eigenvalue weighted by Gasteiger charge is 2.04. The molecule has 0 unspecified atom stereocenters. The van der Waals surface area contributed by atoms with Gasteiger partial charge in [-0.3, -0.25) is 9.59 Å². The molecular weight excluding hydrogens is 266 g/mol. The Bertz CT molecular complexity index is 455. The van der Waals surface area contributed by atoms with Gasteiger partial charge in [-0.25, -0.2) is 0 Å². The van der Waals surface area contributed by atoms with Crippen molar-refractivity contribution in [1.82, 2.24) is 10.6 Å². The molecule has 1 aromatic carbocycles. The molecule has 5 nitrogen and oxygen atoms in total. The molecule has 0 bridgehead atoms. The molecular formula is C16H25N3O2. The largest absolute Gasteiger partial charge is 0.356 e. The van der Waals surface area contributed by atoms with Crippen LogP contribution in [0.2, 0.25) is 0 Å². The summed E-state index contributed by atoms with van der Waals surface area (Å²) in [6.07, 6.45) is 0.805. The fraction of sp³-hybridized carbons (Fsp3) is 0.500. The highest BCUT2D eigenvalue weighted by molar-refractivity contribution is 5.90. The SMILES string of the molecule is CCNC(=O)Cc1ccc(NC(=O)CCNC(C)C)cc1. The molecule has 0 saturated heterocycles. The van der Waals surface area contributed by atoms with Crippen LogP contribution in [0.5, 0.6) is 0 Å². The molecule has 21 heavy (non-hydrogen) atoms. The van der Waals surface area contributed by atoms with Crippen molar-refractivity contribution in [2.75, 3.05) is 18.4 Å². The second-order valence-corrected chi connectivity index (χ2v) is 5.23. The average Bonchev–Trinajstić information content (AvgIpc) is 2.41. The van der Waals surface area contributed by atoms with Crippen molar-refractivity contribution in [2.45, 2.75) is 39.7 Å². The van der Waals surface area contributed by atoms with Crippen LogP contribution < -0.4 is 16.0 Å². The molecule has 0 saturated carbocycles. The van der Waals surface area contributed by atoms with Crippen molar-refractivity contribution in [2.24, 2.45) is 0 Å². The number of carbonyl (C=O) groups excluding carboxylic acids is 2. The van der Waals surface area contributed by atoms with E-state index in [0.29, 0.717) is 32.0 Å². The fourth-order valence-corrected chi connectivity index (χ4v) is 1.85. The van der Waals surface area contributed by atoms with E-state index in [1.165, 1.54) is 0 Å². The van der Waals surface area contributed by atoms with Gasteiger partial charge in [-0.1, -0.05) is 26.0 Å². The van der Waals surface area contributed by atoms with Gasteiger partial charge in [0.25, 0.3) is 0 Å². The van der Waals surface area contributed by atoms with Gasteiger partial charge in [-0.05, 0) is 24.6 Å². The van der Waals surface area contributed by atoms with Gasteiger partial charge in [0.2, 0.25) is 11.8 Å². The first-order valence-corrected chi connectivity index (χ1v) is 7.40. The minimum atomic E-state index is -0.0142. The van der Waals surface area contributed by atoms with E-state index in [0.717, 1.165) is 11.3 Å². The van der Waals surface area contributed by atoms with Gasteiger partial charge in [0.05, 0.1) is 6.42 Å². The summed E-state index contributed by atoms with van der Waals surface area (Å²) in [7, 11) is 0. The average molecular weight is 291 g/mol. The van der Waals surface area contributed by atoms with Crippen LogP contribution in [-0.2, 0) is 16.0 Å². The summed E-state index contributed by atoms with van der Waals surface area (Å²) in [6, 6.07) is 7.74. The smallest absolute Gasteiger partial charge is 0.225 e. The predicted octanol–water partition coefficient (Wildman–Crippen LogP) is 1.69. The number of anilines is 1. The lowest BCUT2D eigenvalue weighted by Gasteiger charge is -2.09. The highest BCUT2D eigenvalue weighted by Crippen LogP contribution is 2.10. The summed E-state index contributed by atoms with van der Waals surface area (Å²) in [5, 5.41) is 8.80. The lowest BCUT2D eigenvalue weighted by atomic mass is 10.1. The van der Waals surface area contributed by atoms with Crippen molar-refractivity contribution >= 4 is 17.5 Å². The molecule has 0 atom stereocenters. The van der Waals surface area contributed by atoms with E-state index in [1.807, 2.05) is 45.0 Å². The van der Waals surface area contributed by atoms with E-state index >= 15 is 0 Å². The van der Waals surface area contributed by atoms with Crippen LogP contribution in [0.4, 0.5) is 5.69 Å². The molecule has 0 spiro atoms. The monoisotopic (exact) mass is 291 g/mol. The quantitative estimate of drug-likeness (QED) is 0.682.